The number of carbonyl (C=O) groups excluding carboxylic acids is 2. The molecule has 27 heavy (non-hydrogen) atoms. The van der Waals surface area contributed by atoms with Gasteiger partial charge in [0.15, 0.2) is 0 Å². The lowest BCUT2D eigenvalue weighted by Gasteiger charge is -2.17. The Kier molecular flexibility index (Phi) is 7.95. The highest BCUT2D eigenvalue weighted by atomic mass is 35.5. The summed E-state index contributed by atoms with van der Waals surface area (Å²) in [5, 5.41) is 3.33. The summed E-state index contributed by atoms with van der Waals surface area (Å²) in [5.74, 6) is 0.315. The van der Waals surface area contributed by atoms with Crippen LogP contribution in [0.2, 0.25) is 10.0 Å². The summed E-state index contributed by atoms with van der Waals surface area (Å²) in [6.07, 6.45) is 0.859. The van der Waals surface area contributed by atoms with Crippen molar-refractivity contribution in [3.05, 3.63) is 58.1 Å². The second-order valence-electron chi connectivity index (χ2n) is 6.11. The molecule has 2 rings (SSSR count). The van der Waals surface area contributed by atoms with Crippen molar-refractivity contribution in [2.24, 2.45) is 0 Å². The number of aryl methyl sites for hydroxylation is 1. The van der Waals surface area contributed by atoms with E-state index in [1.165, 1.54) is 4.90 Å². The van der Waals surface area contributed by atoms with Crippen molar-refractivity contribution < 1.29 is 14.3 Å². The van der Waals surface area contributed by atoms with E-state index >= 15 is 0 Å². The highest BCUT2D eigenvalue weighted by Gasteiger charge is 2.15. The van der Waals surface area contributed by atoms with Crippen LogP contribution in [0, 0.1) is 6.92 Å². The maximum absolute atomic E-state index is 12.2. The van der Waals surface area contributed by atoms with E-state index in [2.05, 4.69) is 5.32 Å². The number of hydrogen-bond acceptors (Lipinski definition) is 3. The Morgan fingerprint density at radius 1 is 1.07 bits per heavy atom. The number of ether oxygens (including phenoxy) is 1. The summed E-state index contributed by atoms with van der Waals surface area (Å²) in [7, 11) is 1.58. The van der Waals surface area contributed by atoms with Crippen molar-refractivity contribution in [1.29, 1.82) is 0 Å². The lowest BCUT2D eigenvalue weighted by Crippen LogP contribution is -2.35. The largest absolute Gasteiger partial charge is 0.493 e. The number of nitrogens with zero attached hydrogens (tertiary/aromatic N) is 1. The van der Waals surface area contributed by atoms with Crippen molar-refractivity contribution in [3.63, 3.8) is 0 Å². The standard InChI is InChI=1S/C20H22Cl2N2O3/c1-14-7-3-4-10-17(14)27-12-6-11-19(26)24(2)13-18(25)23-20-15(21)8-5-9-16(20)22/h3-5,7-10H,6,11-13H2,1-2H3,(H,23,25). The van der Waals surface area contributed by atoms with Gasteiger partial charge in [-0.15, -0.1) is 0 Å². The molecule has 2 aromatic rings. The van der Waals surface area contributed by atoms with Gasteiger partial charge in [0.2, 0.25) is 11.8 Å². The summed E-state index contributed by atoms with van der Waals surface area (Å²) < 4.78 is 5.67. The lowest BCUT2D eigenvalue weighted by atomic mass is 10.2. The first-order chi connectivity index (χ1) is 12.9. The van der Waals surface area contributed by atoms with Gasteiger partial charge in [0, 0.05) is 13.5 Å². The van der Waals surface area contributed by atoms with Crippen molar-refractivity contribution in [3.8, 4) is 5.75 Å². The van der Waals surface area contributed by atoms with Crippen LogP contribution in [0.3, 0.4) is 0 Å². The van der Waals surface area contributed by atoms with Crippen LogP contribution in [0.15, 0.2) is 42.5 Å². The maximum Gasteiger partial charge on any atom is 0.244 e. The fourth-order valence-electron chi connectivity index (χ4n) is 2.41. The monoisotopic (exact) mass is 408 g/mol. The first-order valence-corrected chi connectivity index (χ1v) is 9.30. The molecule has 7 heteroatoms. The molecule has 1 N–H and O–H groups in total. The molecule has 2 aromatic carbocycles. The van der Waals surface area contributed by atoms with Crippen LogP contribution in [-0.2, 0) is 9.59 Å². The summed E-state index contributed by atoms with van der Waals surface area (Å²) >= 11 is 12.1. The minimum atomic E-state index is -0.364. The van der Waals surface area contributed by atoms with Gasteiger partial charge >= 0.3 is 0 Å². The lowest BCUT2D eigenvalue weighted by molar-refractivity contribution is -0.133. The van der Waals surface area contributed by atoms with Gasteiger partial charge < -0.3 is 15.0 Å². The number of benzene rings is 2. The van der Waals surface area contributed by atoms with Gasteiger partial charge in [0.1, 0.15) is 5.75 Å². The molecule has 0 aliphatic rings. The van der Waals surface area contributed by atoms with Gasteiger partial charge in [-0.1, -0.05) is 47.5 Å². The first kappa shape index (κ1) is 21.1. The molecule has 0 unspecified atom stereocenters. The second kappa shape index (κ2) is 10.2. The van der Waals surface area contributed by atoms with Gasteiger partial charge in [-0.2, -0.15) is 0 Å². The molecule has 2 amide bonds. The molecule has 0 saturated carbocycles. The van der Waals surface area contributed by atoms with E-state index in [0.717, 1.165) is 11.3 Å². The van der Waals surface area contributed by atoms with E-state index in [-0.39, 0.29) is 18.4 Å². The van der Waals surface area contributed by atoms with Crippen LogP contribution in [0.25, 0.3) is 0 Å². The van der Waals surface area contributed by atoms with Gasteiger partial charge in [-0.05, 0) is 37.1 Å². The maximum atomic E-state index is 12.2. The molecule has 0 fully saturated rings. The quantitative estimate of drug-likeness (QED) is 0.651. The average molecular weight is 409 g/mol. The van der Waals surface area contributed by atoms with Gasteiger partial charge in [0.05, 0.1) is 28.9 Å². The predicted octanol–water partition coefficient (Wildman–Crippen LogP) is 4.56. The summed E-state index contributed by atoms with van der Waals surface area (Å²) in [6.45, 7) is 2.32. The molecule has 144 valence electrons. The minimum Gasteiger partial charge on any atom is -0.493 e. The number of amides is 2. The Hall–Kier alpha value is -2.24. The molecule has 0 saturated heterocycles. The van der Waals surface area contributed by atoms with Crippen LogP contribution < -0.4 is 10.1 Å². The van der Waals surface area contributed by atoms with Crippen LogP contribution in [-0.4, -0.2) is 36.9 Å². The number of rotatable bonds is 8. The van der Waals surface area contributed by atoms with E-state index in [1.54, 1.807) is 25.2 Å². The highest BCUT2D eigenvalue weighted by Crippen LogP contribution is 2.29. The number of anilines is 1. The number of hydrogen-bond donors (Lipinski definition) is 1. The van der Waals surface area contributed by atoms with Crippen LogP contribution >= 0.6 is 23.2 Å². The van der Waals surface area contributed by atoms with E-state index in [4.69, 9.17) is 27.9 Å². The zero-order chi connectivity index (χ0) is 19.8. The summed E-state index contributed by atoms with van der Waals surface area (Å²) in [5.41, 5.74) is 1.40. The van der Waals surface area contributed by atoms with Crippen molar-refractivity contribution in [1.82, 2.24) is 4.90 Å². The van der Waals surface area contributed by atoms with Gasteiger partial charge in [0.25, 0.3) is 0 Å². The summed E-state index contributed by atoms with van der Waals surface area (Å²) in [4.78, 5) is 25.7. The number of halogens is 2. The van der Waals surface area contributed by atoms with E-state index in [9.17, 15) is 9.59 Å². The summed E-state index contributed by atoms with van der Waals surface area (Å²) in [6, 6.07) is 12.7. The first-order valence-electron chi connectivity index (χ1n) is 8.54. The number of likely N-dealkylation sites (N-methyl/N-ethyl adjacent to an activating group) is 1. The number of para-hydroxylation sites is 2. The molecule has 0 spiro atoms. The van der Waals surface area contributed by atoms with E-state index in [0.29, 0.717) is 35.2 Å². The van der Waals surface area contributed by atoms with Crippen LogP contribution in [0.5, 0.6) is 5.75 Å². The third-order valence-electron chi connectivity index (χ3n) is 3.92. The van der Waals surface area contributed by atoms with Crippen molar-refractivity contribution in [2.45, 2.75) is 19.8 Å². The number of nitrogens with one attached hydrogen (secondary N) is 1. The molecule has 0 aromatic heterocycles. The van der Waals surface area contributed by atoms with Crippen LogP contribution in [0.4, 0.5) is 5.69 Å². The average Bonchev–Trinajstić information content (AvgIpc) is 2.63. The van der Waals surface area contributed by atoms with Gasteiger partial charge in [-0.25, -0.2) is 0 Å². The molecule has 0 bridgehead atoms. The van der Waals surface area contributed by atoms with Crippen molar-refractivity contribution in [2.75, 3.05) is 25.5 Å². The van der Waals surface area contributed by atoms with E-state index in [1.807, 2.05) is 31.2 Å². The molecule has 0 atom stereocenters. The third kappa shape index (κ3) is 6.45. The Morgan fingerprint density at radius 3 is 2.41 bits per heavy atom. The molecule has 0 radical (unpaired) electrons. The molecule has 0 aliphatic heterocycles. The fraction of sp³-hybridized carbons (Fsp3) is 0.300. The Bertz CT molecular complexity index is 791. The fourth-order valence-corrected chi connectivity index (χ4v) is 2.91. The Balaban J connectivity index is 1.75. The highest BCUT2D eigenvalue weighted by molar-refractivity contribution is 6.39. The van der Waals surface area contributed by atoms with Gasteiger partial charge in [-0.3, -0.25) is 9.59 Å². The topological polar surface area (TPSA) is 58.6 Å². The molecular formula is C20H22Cl2N2O3. The zero-order valence-electron chi connectivity index (χ0n) is 15.3. The molecular weight excluding hydrogens is 387 g/mol. The van der Waals surface area contributed by atoms with Crippen LogP contribution in [0.1, 0.15) is 18.4 Å². The second-order valence-corrected chi connectivity index (χ2v) is 6.93. The normalized spacial score (nSPS) is 10.4. The molecule has 0 heterocycles. The van der Waals surface area contributed by atoms with Crippen molar-refractivity contribution >= 4 is 40.7 Å². The Morgan fingerprint density at radius 2 is 1.74 bits per heavy atom. The Labute approximate surface area is 169 Å². The SMILES string of the molecule is Cc1ccccc1OCCCC(=O)N(C)CC(=O)Nc1c(Cl)cccc1Cl. The third-order valence-corrected chi connectivity index (χ3v) is 4.55. The van der Waals surface area contributed by atoms with E-state index < -0.39 is 0 Å². The predicted molar refractivity (Wildman–Crippen MR) is 109 cm³/mol. The minimum absolute atomic E-state index is 0.0843. The molecule has 5 nitrogen and oxygen atoms in total. The smallest absolute Gasteiger partial charge is 0.244 e. The zero-order valence-corrected chi connectivity index (χ0v) is 16.8. The number of carbonyl (C=O) groups is 2. The molecule has 0 aliphatic carbocycles.